The van der Waals surface area contributed by atoms with Gasteiger partial charge in [0.25, 0.3) is 11.2 Å². The first-order valence-electron chi connectivity index (χ1n) is 6.25. The molecule has 0 saturated carbocycles. The Kier molecular flexibility index (Phi) is 3.15. The van der Waals surface area contributed by atoms with E-state index < -0.39 is 0 Å². The number of benzene rings is 1. The molecule has 0 amide bonds. The molecule has 1 aromatic heterocycles. The Morgan fingerprint density at radius 2 is 1.79 bits per heavy atom. The van der Waals surface area contributed by atoms with Gasteiger partial charge < -0.3 is 9.94 Å². The van der Waals surface area contributed by atoms with Crippen molar-refractivity contribution in [3.63, 3.8) is 0 Å². The minimum absolute atomic E-state index is 0.282. The molecule has 0 spiro atoms. The van der Waals surface area contributed by atoms with Crippen molar-refractivity contribution in [2.75, 3.05) is 0 Å². The molecular weight excluding hydrogens is 287 g/mol. The largest absolute Gasteiger partial charge is 0.805 e. The van der Waals surface area contributed by atoms with Crippen LogP contribution in [0.3, 0.4) is 0 Å². The van der Waals surface area contributed by atoms with Crippen LogP contribution in [0, 0.1) is 10.1 Å². The number of aromatic nitrogens is 2. The van der Waals surface area contributed by atoms with Crippen molar-refractivity contribution in [2.24, 2.45) is 0 Å². The van der Waals surface area contributed by atoms with E-state index in [0.717, 1.165) is 28.4 Å². The molecule has 19 heavy (non-hydrogen) atoms. The third-order valence-electron chi connectivity index (χ3n) is 3.61. The summed E-state index contributed by atoms with van der Waals surface area (Å²) in [6, 6.07) is 2.93. The van der Waals surface area contributed by atoms with Crippen LogP contribution in [-0.2, 0) is 12.8 Å². The fourth-order valence-electron chi connectivity index (χ4n) is 2.63. The molecular formula is C13H12Cl2N2O2. The van der Waals surface area contributed by atoms with Gasteiger partial charge in [0.15, 0.2) is 0 Å². The van der Waals surface area contributed by atoms with E-state index in [1.54, 1.807) is 0 Å². The van der Waals surface area contributed by atoms with Crippen LogP contribution in [0.25, 0.3) is 11.0 Å². The summed E-state index contributed by atoms with van der Waals surface area (Å²) in [6.45, 7) is 0. The Morgan fingerprint density at radius 1 is 1.11 bits per heavy atom. The van der Waals surface area contributed by atoms with E-state index in [1.807, 2.05) is 0 Å². The van der Waals surface area contributed by atoms with Crippen molar-refractivity contribution < 1.29 is 4.43 Å². The van der Waals surface area contributed by atoms with Crippen molar-refractivity contribution in [3.05, 3.63) is 43.7 Å². The Bertz CT molecular complexity index is 725. The first-order valence-corrected chi connectivity index (χ1v) is 7.01. The molecule has 0 N–H and O–H groups in total. The van der Waals surface area contributed by atoms with Crippen molar-refractivity contribution in [1.82, 2.24) is 4.73 Å². The van der Waals surface area contributed by atoms with Crippen LogP contribution in [0.4, 0.5) is 0 Å². The van der Waals surface area contributed by atoms with Gasteiger partial charge >= 0.3 is 0 Å². The lowest BCUT2D eigenvalue weighted by Gasteiger charge is -2.18. The van der Waals surface area contributed by atoms with Gasteiger partial charge in [-0.15, -0.1) is 0 Å². The summed E-state index contributed by atoms with van der Waals surface area (Å²) >= 11 is 11.9. The first kappa shape index (κ1) is 12.8. The molecule has 100 valence electrons. The molecule has 2 aromatic rings. The number of nitrogens with zero attached hydrogens (tertiary/aromatic N) is 2. The Hall–Kier alpha value is -1.26. The Balaban J connectivity index is 2.43. The molecule has 0 unspecified atom stereocenters. The lowest BCUT2D eigenvalue weighted by Crippen LogP contribution is -2.27. The zero-order chi connectivity index (χ0) is 13.6. The van der Waals surface area contributed by atoms with Gasteiger partial charge in [0.2, 0.25) is 0 Å². The van der Waals surface area contributed by atoms with Gasteiger partial charge in [0.05, 0.1) is 20.2 Å². The Morgan fingerprint density at radius 3 is 2.58 bits per heavy atom. The van der Waals surface area contributed by atoms with Crippen molar-refractivity contribution >= 4 is 34.2 Å². The van der Waals surface area contributed by atoms with Gasteiger partial charge in [0, 0.05) is 17.4 Å². The molecule has 0 radical (unpaired) electrons. The van der Waals surface area contributed by atoms with Crippen molar-refractivity contribution in [2.45, 2.75) is 32.1 Å². The quantitative estimate of drug-likeness (QED) is 0.552. The number of hydrogen-bond donors (Lipinski definition) is 0. The monoisotopic (exact) mass is 298 g/mol. The molecule has 0 atom stereocenters. The minimum Gasteiger partial charge on any atom is -0.805 e. The summed E-state index contributed by atoms with van der Waals surface area (Å²) in [6.07, 6.45) is 4.17. The SMILES string of the molecule is O=[n+]1c2c(n([O-])c3cc(Cl)c(Cl)cc31)CCCCC2. The van der Waals surface area contributed by atoms with E-state index in [4.69, 9.17) is 23.2 Å². The van der Waals surface area contributed by atoms with Crippen LogP contribution < -0.4 is 4.43 Å². The summed E-state index contributed by atoms with van der Waals surface area (Å²) in [5, 5.41) is 13.0. The summed E-state index contributed by atoms with van der Waals surface area (Å²) in [4.78, 5) is 12.4. The second-order valence-electron chi connectivity index (χ2n) is 4.80. The maximum absolute atomic E-state index is 12.4. The van der Waals surface area contributed by atoms with E-state index in [2.05, 4.69) is 0 Å². The maximum Gasteiger partial charge on any atom is 0.287 e. The Labute approximate surface area is 119 Å². The second-order valence-corrected chi connectivity index (χ2v) is 5.61. The summed E-state index contributed by atoms with van der Waals surface area (Å²) in [7, 11) is 0. The van der Waals surface area contributed by atoms with Gasteiger partial charge in [-0.3, -0.25) is 0 Å². The number of fused-ring (bicyclic) bond motifs is 2. The first-order chi connectivity index (χ1) is 9.09. The van der Waals surface area contributed by atoms with Gasteiger partial charge in [0.1, 0.15) is 5.52 Å². The maximum atomic E-state index is 12.4. The second kappa shape index (κ2) is 4.69. The van der Waals surface area contributed by atoms with Crippen LogP contribution >= 0.6 is 23.2 Å². The third kappa shape index (κ3) is 1.99. The molecule has 0 bridgehead atoms. The average Bonchev–Trinajstić information content (AvgIpc) is 2.64. The topological polar surface area (TPSA) is 51.0 Å². The highest BCUT2D eigenvalue weighted by Gasteiger charge is 2.24. The van der Waals surface area contributed by atoms with E-state index in [-0.39, 0.29) is 21.1 Å². The molecule has 0 aliphatic heterocycles. The third-order valence-corrected chi connectivity index (χ3v) is 4.33. The van der Waals surface area contributed by atoms with Crippen molar-refractivity contribution in [3.8, 4) is 0 Å². The van der Waals surface area contributed by atoms with Crippen LogP contribution in [0.15, 0.2) is 12.1 Å². The van der Waals surface area contributed by atoms with Gasteiger partial charge in [-0.2, -0.15) is 0 Å². The fourth-order valence-corrected chi connectivity index (χ4v) is 2.95. The molecule has 6 heteroatoms. The molecule has 0 fully saturated rings. The normalized spacial score (nSPS) is 15.3. The van der Waals surface area contributed by atoms with Crippen molar-refractivity contribution in [1.29, 1.82) is 0 Å². The highest BCUT2D eigenvalue weighted by Crippen LogP contribution is 2.28. The van der Waals surface area contributed by atoms with Crippen LogP contribution in [0.2, 0.25) is 10.0 Å². The number of rotatable bonds is 0. The van der Waals surface area contributed by atoms with E-state index in [0.29, 0.717) is 24.2 Å². The number of halogens is 2. The van der Waals surface area contributed by atoms with Gasteiger partial charge in [-0.1, -0.05) is 29.6 Å². The minimum atomic E-state index is 0.282. The lowest BCUT2D eigenvalue weighted by atomic mass is 10.2. The molecule has 0 saturated heterocycles. The van der Waals surface area contributed by atoms with Gasteiger partial charge in [-0.05, 0) is 25.3 Å². The summed E-state index contributed by atoms with van der Waals surface area (Å²) < 4.78 is 1.68. The molecule has 1 aliphatic carbocycles. The standard InChI is InChI=1S/C13H12Cl2N2O2/c14-8-6-12-13(7-9(8)15)17(19)11-5-3-1-2-4-10(11)16(12)18/h6-7H,1-5H2. The van der Waals surface area contributed by atoms with E-state index >= 15 is 0 Å². The zero-order valence-electron chi connectivity index (χ0n) is 10.2. The predicted octanol–water partition coefficient (Wildman–Crippen LogP) is 3.48. The lowest BCUT2D eigenvalue weighted by molar-refractivity contribution is -0.476. The van der Waals surface area contributed by atoms with E-state index in [9.17, 15) is 10.1 Å². The van der Waals surface area contributed by atoms with Gasteiger partial charge in [-0.25, -0.2) is 0 Å². The molecule has 1 aliphatic rings. The van der Waals surface area contributed by atoms with Crippen LogP contribution in [0.5, 0.6) is 0 Å². The average molecular weight is 299 g/mol. The summed E-state index contributed by atoms with van der Waals surface area (Å²) in [5.74, 6) is 0. The summed E-state index contributed by atoms with van der Waals surface area (Å²) in [5.41, 5.74) is 1.70. The zero-order valence-corrected chi connectivity index (χ0v) is 11.7. The fraction of sp³-hybridized carbons (Fsp3) is 0.385. The highest BCUT2D eigenvalue weighted by molar-refractivity contribution is 6.42. The van der Waals surface area contributed by atoms with Crippen LogP contribution in [-0.4, -0.2) is 4.73 Å². The predicted molar refractivity (Wildman–Crippen MR) is 75.3 cm³/mol. The van der Waals surface area contributed by atoms with Crippen LogP contribution in [0.1, 0.15) is 30.7 Å². The highest BCUT2D eigenvalue weighted by atomic mass is 35.5. The molecule has 1 heterocycles. The molecule has 3 rings (SSSR count). The smallest absolute Gasteiger partial charge is 0.287 e. The molecule has 4 nitrogen and oxygen atoms in total. The number of hydrogen-bond acceptors (Lipinski definition) is 2. The van der Waals surface area contributed by atoms with E-state index in [1.165, 1.54) is 12.1 Å². The molecule has 1 aromatic carbocycles.